The normalized spacial score (nSPS) is 16.6. The van der Waals surface area contributed by atoms with Gasteiger partial charge in [0.25, 0.3) is 5.91 Å². The topological polar surface area (TPSA) is 109 Å². The van der Waals surface area contributed by atoms with Crippen molar-refractivity contribution in [1.82, 2.24) is 20.9 Å². The van der Waals surface area contributed by atoms with Gasteiger partial charge in [-0.1, -0.05) is 13.8 Å². The Morgan fingerprint density at radius 2 is 1.95 bits per heavy atom. The molecular weight excluding hydrogens is 262 g/mol. The zero-order valence-electron chi connectivity index (χ0n) is 11.6. The van der Waals surface area contributed by atoms with Gasteiger partial charge < -0.3 is 9.73 Å². The minimum atomic E-state index is -0.414. The van der Waals surface area contributed by atoms with Crippen LogP contribution in [-0.4, -0.2) is 27.7 Å². The fraction of sp³-hybridized carbons (Fsp3) is 0.583. The molecule has 8 nitrogen and oxygen atoms in total. The van der Waals surface area contributed by atoms with E-state index >= 15 is 0 Å². The molecule has 1 aliphatic heterocycles. The van der Waals surface area contributed by atoms with Crippen molar-refractivity contribution >= 4 is 17.5 Å². The van der Waals surface area contributed by atoms with E-state index in [4.69, 9.17) is 4.42 Å². The predicted molar refractivity (Wildman–Crippen MR) is 69.8 cm³/mol. The highest BCUT2D eigenvalue weighted by atomic mass is 16.4. The van der Waals surface area contributed by atoms with Crippen LogP contribution in [0.3, 0.4) is 0 Å². The fourth-order valence-corrected chi connectivity index (χ4v) is 1.63. The van der Waals surface area contributed by atoms with E-state index in [9.17, 15) is 9.59 Å². The fourth-order valence-electron chi connectivity index (χ4n) is 1.63. The summed E-state index contributed by atoms with van der Waals surface area (Å²) in [5.74, 6) is 0.484. The summed E-state index contributed by atoms with van der Waals surface area (Å²) in [6, 6.07) is -0.414. The molecule has 8 heteroatoms. The Bertz CT molecular complexity index is 549. The number of carbonyl (C=O) groups is 2. The van der Waals surface area contributed by atoms with Gasteiger partial charge in [-0.15, -0.1) is 10.2 Å². The van der Waals surface area contributed by atoms with Crippen molar-refractivity contribution in [1.29, 1.82) is 0 Å². The first-order valence-electron chi connectivity index (χ1n) is 6.47. The summed E-state index contributed by atoms with van der Waals surface area (Å²) in [5.41, 5.74) is 2.57. The number of nitrogens with one attached hydrogen (secondary N) is 2. The van der Waals surface area contributed by atoms with Crippen LogP contribution in [0.2, 0.25) is 0 Å². The third kappa shape index (κ3) is 3.19. The van der Waals surface area contributed by atoms with Crippen molar-refractivity contribution in [2.75, 3.05) is 0 Å². The lowest BCUT2D eigenvalue weighted by atomic mass is 10.1. The van der Waals surface area contributed by atoms with E-state index in [0.29, 0.717) is 23.9 Å². The van der Waals surface area contributed by atoms with Crippen molar-refractivity contribution in [2.24, 2.45) is 5.10 Å². The van der Waals surface area contributed by atoms with Gasteiger partial charge in [0.15, 0.2) is 0 Å². The van der Waals surface area contributed by atoms with Gasteiger partial charge in [-0.25, -0.2) is 5.43 Å². The SMILES string of the molecule is CC(C)c1nnc([C@H](C)NC(=O)C2=NNC(=O)CC2)o1. The number of hydrogen-bond acceptors (Lipinski definition) is 6. The second-order valence-corrected chi connectivity index (χ2v) is 4.92. The molecule has 1 aromatic rings. The van der Waals surface area contributed by atoms with Gasteiger partial charge in [-0.05, 0) is 6.92 Å². The Hall–Kier alpha value is -2.25. The van der Waals surface area contributed by atoms with Gasteiger partial charge in [0.05, 0.1) is 0 Å². The molecule has 2 heterocycles. The van der Waals surface area contributed by atoms with Gasteiger partial charge in [-0.3, -0.25) is 9.59 Å². The van der Waals surface area contributed by atoms with Crippen LogP contribution in [0.4, 0.5) is 0 Å². The van der Waals surface area contributed by atoms with Crippen molar-refractivity contribution in [2.45, 2.75) is 45.6 Å². The zero-order chi connectivity index (χ0) is 14.7. The summed E-state index contributed by atoms with van der Waals surface area (Å²) in [7, 11) is 0. The molecule has 0 aromatic carbocycles. The van der Waals surface area contributed by atoms with Gasteiger partial charge in [0, 0.05) is 18.8 Å². The quantitative estimate of drug-likeness (QED) is 0.840. The minimum absolute atomic E-state index is 0.136. The third-order valence-electron chi connectivity index (χ3n) is 2.83. The molecular formula is C12H17N5O3. The summed E-state index contributed by atoms with van der Waals surface area (Å²) >= 11 is 0. The second kappa shape index (κ2) is 5.81. The maximum atomic E-state index is 11.9. The predicted octanol–water partition coefficient (Wildman–Crippen LogP) is 0.636. The minimum Gasteiger partial charge on any atom is -0.423 e. The zero-order valence-corrected chi connectivity index (χ0v) is 11.6. The summed E-state index contributed by atoms with van der Waals surface area (Å²) in [5, 5.41) is 14.3. The molecule has 0 radical (unpaired) electrons. The molecule has 0 bridgehead atoms. The van der Waals surface area contributed by atoms with Gasteiger partial charge in [-0.2, -0.15) is 5.10 Å². The monoisotopic (exact) mass is 279 g/mol. The maximum absolute atomic E-state index is 11.9. The Morgan fingerprint density at radius 1 is 1.25 bits per heavy atom. The second-order valence-electron chi connectivity index (χ2n) is 4.92. The molecule has 108 valence electrons. The van der Waals surface area contributed by atoms with E-state index in [-0.39, 0.29) is 24.2 Å². The smallest absolute Gasteiger partial charge is 0.268 e. The Kier molecular flexibility index (Phi) is 4.11. The lowest BCUT2D eigenvalue weighted by Crippen LogP contribution is -2.38. The highest BCUT2D eigenvalue weighted by Gasteiger charge is 2.22. The van der Waals surface area contributed by atoms with Crippen LogP contribution in [0.15, 0.2) is 9.52 Å². The lowest BCUT2D eigenvalue weighted by Gasteiger charge is -2.14. The molecule has 0 unspecified atom stereocenters. The van der Waals surface area contributed by atoms with E-state index in [1.54, 1.807) is 6.92 Å². The average molecular weight is 279 g/mol. The van der Waals surface area contributed by atoms with Crippen LogP contribution in [0, 0.1) is 0 Å². The van der Waals surface area contributed by atoms with Crippen LogP contribution < -0.4 is 10.7 Å². The van der Waals surface area contributed by atoms with Crippen LogP contribution in [0.5, 0.6) is 0 Å². The molecule has 0 saturated heterocycles. The lowest BCUT2D eigenvalue weighted by molar-refractivity contribution is -0.121. The van der Waals surface area contributed by atoms with Crippen LogP contribution in [0.1, 0.15) is 57.4 Å². The number of rotatable bonds is 4. The summed E-state index contributed by atoms with van der Waals surface area (Å²) in [6.07, 6.45) is 0.587. The summed E-state index contributed by atoms with van der Waals surface area (Å²) in [6.45, 7) is 5.64. The van der Waals surface area contributed by atoms with Crippen molar-refractivity contribution in [3.05, 3.63) is 11.8 Å². The number of amides is 2. The molecule has 0 fully saturated rings. The number of hydrazone groups is 1. The van der Waals surface area contributed by atoms with Crippen LogP contribution >= 0.6 is 0 Å². The van der Waals surface area contributed by atoms with E-state index in [2.05, 4.69) is 26.0 Å². The van der Waals surface area contributed by atoms with Crippen molar-refractivity contribution in [3.63, 3.8) is 0 Å². The highest BCUT2D eigenvalue weighted by molar-refractivity contribution is 6.39. The number of nitrogens with zero attached hydrogens (tertiary/aromatic N) is 3. The molecule has 0 saturated carbocycles. The van der Waals surface area contributed by atoms with Gasteiger partial charge in [0.1, 0.15) is 11.8 Å². The first-order chi connectivity index (χ1) is 9.47. The Balaban J connectivity index is 1.98. The molecule has 0 spiro atoms. The van der Waals surface area contributed by atoms with Crippen LogP contribution in [-0.2, 0) is 9.59 Å². The van der Waals surface area contributed by atoms with Gasteiger partial charge >= 0.3 is 0 Å². The maximum Gasteiger partial charge on any atom is 0.268 e. The first-order valence-corrected chi connectivity index (χ1v) is 6.47. The summed E-state index contributed by atoms with van der Waals surface area (Å²) in [4.78, 5) is 22.9. The average Bonchev–Trinajstić information content (AvgIpc) is 2.89. The van der Waals surface area contributed by atoms with E-state index < -0.39 is 6.04 Å². The molecule has 1 atom stereocenters. The molecule has 1 aromatic heterocycles. The molecule has 0 aliphatic carbocycles. The van der Waals surface area contributed by atoms with Crippen LogP contribution in [0.25, 0.3) is 0 Å². The molecule has 20 heavy (non-hydrogen) atoms. The number of carbonyl (C=O) groups excluding carboxylic acids is 2. The summed E-state index contributed by atoms with van der Waals surface area (Å²) < 4.78 is 5.47. The van der Waals surface area contributed by atoms with Gasteiger partial charge in [0.2, 0.25) is 17.7 Å². The first kappa shape index (κ1) is 14.2. The largest absolute Gasteiger partial charge is 0.423 e. The number of hydrogen-bond donors (Lipinski definition) is 2. The van der Waals surface area contributed by atoms with E-state index in [1.165, 1.54) is 0 Å². The van der Waals surface area contributed by atoms with E-state index in [1.807, 2.05) is 13.8 Å². The Labute approximate surface area is 116 Å². The van der Waals surface area contributed by atoms with E-state index in [0.717, 1.165) is 0 Å². The highest BCUT2D eigenvalue weighted by Crippen LogP contribution is 2.16. The molecule has 2 amide bonds. The molecule has 1 aliphatic rings. The Morgan fingerprint density at radius 3 is 2.50 bits per heavy atom. The number of aromatic nitrogens is 2. The van der Waals surface area contributed by atoms with Crippen molar-refractivity contribution < 1.29 is 14.0 Å². The van der Waals surface area contributed by atoms with Crippen molar-refractivity contribution in [3.8, 4) is 0 Å². The standard InChI is InChI=1S/C12H17N5O3/c1-6(2)11-16-17-12(20-11)7(3)13-10(19)8-4-5-9(18)15-14-8/h6-7H,4-5H2,1-3H3,(H,13,19)(H,15,18)/t7-/m0/s1. The third-order valence-corrected chi connectivity index (χ3v) is 2.83. The molecule has 2 rings (SSSR count). The molecule has 2 N–H and O–H groups in total.